The molecule has 4 heteroatoms. The van der Waals surface area contributed by atoms with E-state index >= 15 is 0 Å². The fourth-order valence-electron chi connectivity index (χ4n) is 12.4. The summed E-state index contributed by atoms with van der Waals surface area (Å²) in [4.78, 5) is 19.3. The van der Waals surface area contributed by atoms with Crippen LogP contribution in [-0.4, -0.2) is 66.6 Å². The van der Waals surface area contributed by atoms with Gasteiger partial charge in [-0.2, -0.15) is 0 Å². The van der Waals surface area contributed by atoms with E-state index in [0.29, 0.717) is 46.8 Å². The maximum Gasteiger partial charge on any atom is 0.157 e. The van der Waals surface area contributed by atoms with Crippen LogP contribution in [0.1, 0.15) is 113 Å². The van der Waals surface area contributed by atoms with Crippen LogP contribution in [0.5, 0.6) is 0 Å². The van der Waals surface area contributed by atoms with E-state index in [-0.39, 0.29) is 22.3 Å². The van der Waals surface area contributed by atoms with Crippen molar-refractivity contribution in [2.24, 2.45) is 50.7 Å². The summed E-state index contributed by atoms with van der Waals surface area (Å²) in [5.41, 5.74) is 3.97. The first-order valence-corrected chi connectivity index (χ1v) is 17.1. The van der Waals surface area contributed by atoms with E-state index in [9.17, 15) is 9.90 Å². The molecule has 0 aromatic heterocycles. The fraction of sp³-hybridized carbons (Fsp3) is 0.917. The number of fused-ring (bicyclic) bond motifs is 7. The number of aliphatic hydroxyl groups is 1. The van der Waals surface area contributed by atoms with E-state index in [1.807, 2.05) is 0 Å². The third-order valence-electron chi connectivity index (χ3n) is 15.1. The van der Waals surface area contributed by atoms with Gasteiger partial charge in [-0.3, -0.25) is 9.69 Å². The van der Waals surface area contributed by atoms with Crippen LogP contribution in [0, 0.1) is 50.7 Å². The third kappa shape index (κ3) is 3.89. The summed E-state index contributed by atoms with van der Waals surface area (Å²) >= 11 is 0. The highest BCUT2D eigenvalue weighted by molar-refractivity contribution is 5.91. The van der Waals surface area contributed by atoms with Crippen molar-refractivity contribution >= 4 is 5.78 Å². The molecule has 1 N–H and O–H groups in total. The molecule has 6 rings (SSSR count). The zero-order valence-corrected chi connectivity index (χ0v) is 27.2. The molecule has 0 radical (unpaired) electrons. The Bertz CT molecular complexity index is 1060. The van der Waals surface area contributed by atoms with Crippen molar-refractivity contribution < 1.29 is 9.90 Å². The first-order chi connectivity index (χ1) is 18.7. The van der Waals surface area contributed by atoms with Gasteiger partial charge in [-0.1, -0.05) is 59.6 Å². The zero-order valence-electron chi connectivity index (χ0n) is 27.2. The maximum atomic E-state index is 14.5. The smallest absolute Gasteiger partial charge is 0.157 e. The van der Waals surface area contributed by atoms with Gasteiger partial charge in [0.2, 0.25) is 0 Å². The van der Waals surface area contributed by atoms with Gasteiger partial charge < -0.3 is 10.0 Å². The van der Waals surface area contributed by atoms with E-state index in [1.54, 1.807) is 11.1 Å². The number of piperazine rings is 1. The monoisotopic (exact) mass is 552 g/mol. The largest absolute Gasteiger partial charge is 0.393 e. The van der Waals surface area contributed by atoms with Gasteiger partial charge in [-0.05, 0) is 117 Å². The van der Waals surface area contributed by atoms with Gasteiger partial charge in [0.25, 0.3) is 0 Å². The van der Waals surface area contributed by atoms with Crippen molar-refractivity contribution in [2.45, 2.75) is 119 Å². The van der Waals surface area contributed by atoms with Gasteiger partial charge in [-0.25, -0.2) is 0 Å². The van der Waals surface area contributed by atoms with Crippen LogP contribution in [0.4, 0.5) is 0 Å². The molecule has 5 fully saturated rings. The number of allylic oxidation sites excluding steroid dienone is 2. The summed E-state index contributed by atoms with van der Waals surface area (Å²) in [5.74, 6) is 2.96. The molecule has 1 aliphatic heterocycles. The molecule has 4 nitrogen and oxygen atoms in total. The second-order valence-corrected chi connectivity index (χ2v) is 17.2. The maximum absolute atomic E-state index is 14.5. The molecule has 0 aromatic carbocycles. The minimum atomic E-state index is -0.200. The lowest BCUT2D eigenvalue weighted by atomic mass is 9.33. The van der Waals surface area contributed by atoms with E-state index in [0.717, 1.165) is 51.9 Å². The molecule has 5 aliphatic carbocycles. The summed E-state index contributed by atoms with van der Waals surface area (Å²) in [6.07, 6.45) is 11.6. The van der Waals surface area contributed by atoms with E-state index in [4.69, 9.17) is 0 Å². The van der Waals surface area contributed by atoms with Gasteiger partial charge >= 0.3 is 0 Å². The summed E-state index contributed by atoms with van der Waals surface area (Å²) in [7, 11) is 2.20. The lowest BCUT2D eigenvalue weighted by Crippen LogP contribution is -2.66. The molecule has 226 valence electrons. The van der Waals surface area contributed by atoms with Crippen LogP contribution >= 0.6 is 0 Å². The predicted molar refractivity (Wildman–Crippen MR) is 164 cm³/mol. The highest BCUT2D eigenvalue weighted by Crippen LogP contribution is 2.76. The Labute approximate surface area is 245 Å². The Morgan fingerprint density at radius 2 is 1.55 bits per heavy atom. The van der Waals surface area contributed by atoms with Gasteiger partial charge in [0, 0.05) is 26.2 Å². The molecular formula is C36H60N2O2. The molecule has 0 bridgehead atoms. The van der Waals surface area contributed by atoms with Crippen LogP contribution in [0.25, 0.3) is 0 Å². The molecule has 4 saturated carbocycles. The number of nitrogens with zero attached hydrogens (tertiary/aromatic N) is 2. The molecule has 0 unspecified atom stereocenters. The molecular weight excluding hydrogens is 492 g/mol. The second-order valence-electron chi connectivity index (χ2n) is 17.2. The predicted octanol–water partition coefficient (Wildman–Crippen LogP) is 6.97. The van der Waals surface area contributed by atoms with Crippen molar-refractivity contribution in [3.05, 3.63) is 11.1 Å². The number of carbonyl (C=O) groups is 1. The molecule has 0 spiro atoms. The Morgan fingerprint density at radius 3 is 2.23 bits per heavy atom. The molecule has 0 amide bonds. The summed E-state index contributed by atoms with van der Waals surface area (Å²) in [6.45, 7) is 22.4. The minimum Gasteiger partial charge on any atom is -0.393 e. The quantitative estimate of drug-likeness (QED) is 0.383. The van der Waals surface area contributed by atoms with E-state index in [2.05, 4.69) is 65.3 Å². The third-order valence-corrected chi connectivity index (χ3v) is 15.1. The first kappa shape index (κ1) is 29.4. The lowest BCUT2D eigenvalue weighted by Gasteiger charge is -2.72. The van der Waals surface area contributed by atoms with Crippen molar-refractivity contribution in [3.63, 3.8) is 0 Å². The van der Waals surface area contributed by atoms with Crippen molar-refractivity contribution in [1.29, 1.82) is 0 Å². The number of carbonyl (C=O) groups excluding carboxylic acids is 1. The van der Waals surface area contributed by atoms with Crippen molar-refractivity contribution in [3.8, 4) is 0 Å². The average molecular weight is 553 g/mol. The number of hydrogen-bond donors (Lipinski definition) is 1. The van der Waals surface area contributed by atoms with Crippen LogP contribution in [0.3, 0.4) is 0 Å². The van der Waals surface area contributed by atoms with Crippen LogP contribution in [0.2, 0.25) is 0 Å². The van der Waals surface area contributed by atoms with Gasteiger partial charge in [0.1, 0.15) is 0 Å². The Hall–Kier alpha value is -0.710. The summed E-state index contributed by atoms with van der Waals surface area (Å²) in [6, 6.07) is 0. The normalized spacial score (nSPS) is 47.5. The lowest BCUT2D eigenvalue weighted by molar-refractivity contribution is -0.228. The topological polar surface area (TPSA) is 43.8 Å². The SMILES string of the molecule is CC(C)C1=C2[C@H]3CC[C@@H]4[C@@]5(C)CC[C@H](O)C(C)(C)[C@H]5CC[C@@]4(C)[C@]3(C)CC[C@@]2(C(=O)CN2CCN(C)CC2)CC1. The molecule has 0 aromatic rings. The van der Waals surface area contributed by atoms with Crippen LogP contribution in [0.15, 0.2) is 11.1 Å². The molecule has 40 heavy (non-hydrogen) atoms. The van der Waals surface area contributed by atoms with Gasteiger partial charge in [0.05, 0.1) is 18.1 Å². The fourth-order valence-corrected chi connectivity index (χ4v) is 12.4. The minimum absolute atomic E-state index is 0.00225. The molecule has 8 atom stereocenters. The highest BCUT2D eigenvalue weighted by atomic mass is 16.3. The van der Waals surface area contributed by atoms with Crippen molar-refractivity contribution in [2.75, 3.05) is 39.8 Å². The van der Waals surface area contributed by atoms with Crippen molar-refractivity contribution in [1.82, 2.24) is 9.80 Å². The average Bonchev–Trinajstić information content (AvgIpc) is 3.30. The highest BCUT2D eigenvalue weighted by Gasteiger charge is 2.70. The number of aliphatic hydroxyl groups excluding tert-OH is 1. The van der Waals surface area contributed by atoms with E-state index < -0.39 is 0 Å². The Kier molecular flexibility index (Phi) is 7.08. The molecule has 1 saturated heterocycles. The first-order valence-electron chi connectivity index (χ1n) is 17.1. The standard InChI is InChI=1S/C36H60N2O2/c1-24(2)25-11-16-36(30(40)23-38-21-19-37(8)20-22-38)18-17-34(6)26(31(25)36)9-10-28-33(5)14-13-29(39)32(3,4)27(33)12-15-35(28,34)7/h24,26-29,39H,9-23H2,1-8H3/t26-,27-,28-,29+,33+,34-,35-,36-/m1/s1. The second kappa shape index (κ2) is 9.65. The zero-order chi connectivity index (χ0) is 28.9. The molecule has 1 heterocycles. The number of likely N-dealkylation sites (N-methyl/N-ethyl adjacent to an activating group) is 1. The van der Waals surface area contributed by atoms with Gasteiger partial charge in [-0.15, -0.1) is 0 Å². The number of ketones is 1. The number of Topliss-reactive ketones (excluding diaryl/α,β-unsaturated/α-hetero) is 1. The summed E-state index contributed by atoms with van der Waals surface area (Å²) < 4.78 is 0. The van der Waals surface area contributed by atoms with Crippen LogP contribution in [-0.2, 0) is 4.79 Å². The number of rotatable bonds is 4. The Balaban J connectivity index is 1.35. The number of hydrogen-bond acceptors (Lipinski definition) is 4. The van der Waals surface area contributed by atoms with Gasteiger partial charge in [0.15, 0.2) is 5.78 Å². The van der Waals surface area contributed by atoms with Crippen LogP contribution < -0.4 is 0 Å². The van der Waals surface area contributed by atoms with E-state index in [1.165, 1.54) is 38.5 Å². The summed E-state index contributed by atoms with van der Waals surface area (Å²) in [5, 5.41) is 11.0. The Morgan fingerprint density at radius 1 is 0.850 bits per heavy atom. The molecule has 6 aliphatic rings.